The molecular formula is C21H24N3O4. The summed E-state index contributed by atoms with van der Waals surface area (Å²) in [5.74, 6) is 0.280. The maximum Gasteiger partial charge on any atom is 0.256 e. The van der Waals surface area contributed by atoms with Gasteiger partial charge in [0.1, 0.15) is 6.04 Å². The lowest BCUT2D eigenvalue weighted by molar-refractivity contribution is -0.123. The van der Waals surface area contributed by atoms with Crippen molar-refractivity contribution < 1.29 is 19.1 Å². The van der Waals surface area contributed by atoms with Crippen molar-refractivity contribution in [3.05, 3.63) is 59.2 Å². The summed E-state index contributed by atoms with van der Waals surface area (Å²) in [6.07, 6.45) is 0.460. The topological polar surface area (TPSA) is 108 Å². The molecule has 28 heavy (non-hydrogen) atoms. The van der Waals surface area contributed by atoms with Gasteiger partial charge in [0.25, 0.3) is 5.91 Å². The van der Waals surface area contributed by atoms with Crippen molar-refractivity contribution in [2.75, 3.05) is 20.3 Å². The van der Waals surface area contributed by atoms with Crippen LogP contribution in [0.25, 0.3) is 0 Å². The number of carbonyl (C=O) groups excluding carboxylic acids is 2. The van der Waals surface area contributed by atoms with E-state index in [0.717, 1.165) is 5.56 Å². The minimum atomic E-state index is -0.867. The summed E-state index contributed by atoms with van der Waals surface area (Å²) >= 11 is 0. The Morgan fingerprint density at radius 3 is 2.75 bits per heavy atom. The monoisotopic (exact) mass is 382 g/mol. The number of ether oxygens (including phenoxy) is 2. The van der Waals surface area contributed by atoms with Gasteiger partial charge in [0.05, 0.1) is 25.3 Å². The Morgan fingerprint density at radius 2 is 2.11 bits per heavy atom. The predicted molar refractivity (Wildman–Crippen MR) is 104 cm³/mol. The van der Waals surface area contributed by atoms with Crippen LogP contribution >= 0.6 is 0 Å². The Balaban J connectivity index is 2.08. The van der Waals surface area contributed by atoms with Crippen LogP contribution in [0, 0.1) is 6.07 Å². The lowest BCUT2D eigenvalue weighted by Gasteiger charge is -2.32. The Labute approximate surface area is 164 Å². The van der Waals surface area contributed by atoms with Crippen molar-refractivity contribution in [3.8, 4) is 11.5 Å². The molecule has 0 spiro atoms. The van der Waals surface area contributed by atoms with Gasteiger partial charge in [0.2, 0.25) is 5.91 Å². The predicted octanol–water partition coefficient (Wildman–Crippen LogP) is 1.97. The third kappa shape index (κ3) is 3.41. The number of benzene rings is 2. The van der Waals surface area contributed by atoms with Gasteiger partial charge in [-0.2, -0.15) is 0 Å². The fraction of sp³-hybridized carbons (Fsp3) is 0.333. The van der Waals surface area contributed by atoms with Crippen molar-refractivity contribution in [1.82, 2.24) is 4.90 Å². The van der Waals surface area contributed by atoms with E-state index in [9.17, 15) is 9.59 Å². The van der Waals surface area contributed by atoms with E-state index < -0.39 is 18.0 Å². The van der Waals surface area contributed by atoms with Gasteiger partial charge in [-0.1, -0.05) is 24.3 Å². The van der Waals surface area contributed by atoms with Crippen LogP contribution in [-0.4, -0.2) is 37.0 Å². The highest BCUT2D eigenvalue weighted by atomic mass is 16.5. The molecule has 7 nitrogen and oxygen atoms in total. The average Bonchev–Trinajstić information content (AvgIpc) is 2.99. The summed E-state index contributed by atoms with van der Waals surface area (Å²) in [5.41, 5.74) is 13.3. The molecule has 0 bridgehead atoms. The van der Waals surface area contributed by atoms with Crippen LogP contribution < -0.4 is 20.9 Å². The van der Waals surface area contributed by atoms with E-state index in [-0.39, 0.29) is 5.91 Å². The first-order valence-electron chi connectivity index (χ1n) is 9.16. The third-order valence-electron chi connectivity index (χ3n) is 4.83. The third-order valence-corrected chi connectivity index (χ3v) is 4.83. The highest BCUT2D eigenvalue weighted by Crippen LogP contribution is 2.42. The Bertz CT molecular complexity index is 884. The molecule has 147 valence electrons. The molecule has 2 amide bonds. The van der Waals surface area contributed by atoms with E-state index in [2.05, 4.69) is 6.07 Å². The normalized spacial score (nSPS) is 16.6. The molecule has 2 aromatic rings. The SMILES string of the molecule is CCOc1cc(C(CCN)N2C(=O)c3[c]cccc3C2C(N)=O)ccc1OC. The average molecular weight is 382 g/mol. The van der Waals surface area contributed by atoms with Crippen LogP contribution in [0.1, 0.15) is 46.9 Å². The standard InChI is InChI=1S/C21H24N3O4/c1-3-28-18-12-13(8-9-17(18)27-2)16(10-11-22)24-19(20(23)25)14-6-4-5-7-15(14)21(24)26/h4-6,8-9,12,16,19H,3,10-11,22H2,1-2H3,(H2,23,25). The number of fused-ring (bicyclic) bond motifs is 1. The molecule has 7 heteroatoms. The van der Waals surface area contributed by atoms with Gasteiger partial charge >= 0.3 is 0 Å². The second-order valence-electron chi connectivity index (χ2n) is 6.45. The van der Waals surface area contributed by atoms with Gasteiger partial charge < -0.3 is 25.8 Å². The minimum Gasteiger partial charge on any atom is -0.493 e. The maximum atomic E-state index is 13.1. The molecule has 2 unspecified atom stereocenters. The zero-order valence-electron chi connectivity index (χ0n) is 16.0. The molecule has 0 saturated heterocycles. The van der Waals surface area contributed by atoms with Crippen molar-refractivity contribution in [3.63, 3.8) is 0 Å². The minimum absolute atomic E-state index is 0.286. The van der Waals surface area contributed by atoms with E-state index in [4.69, 9.17) is 20.9 Å². The number of nitrogens with two attached hydrogens (primary N) is 2. The fourth-order valence-corrected chi connectivity index (χ4v) is 3.66. The number of nitrogens with zero attached hydrogens (tertiary/aromatic N) is 1. The first-order chi connectivity index (χ1) is 13.5. The molecule has 4 N–H and O–H groups in total. The number of primary amides is 1. The zero-order chi connectivity index (χ0) is 20.3. The number of methoxy groups -OCH3 is 1. The molecule has 0 aromatic heterocycles. The molecule has 0 fully saturated rings. The van der Waals surface area contributed by atoms with Gasteiger partial charge in [-0.3, -0.25) is 9.59 Å². The van der Waals surface area contributed by atoms with E-state index >= 15 is 0 Å². The summed E-state index contributed by atoms with van der Waals surface area (Å²) in [6, 6.07) is 12.2. The number of hydrogen-bond acceptors (Lipinski definition) is 5. The quantitative estimate of drug-likeness (QED) is 0.726. The van der Waals surface area contributed by atoms with Gasteiger partial charge in [-0.15, -0.1) is 0 Å². The van der Waals surface area contributed by atoms with E-state index in [0.29, 0.717) is 42.2 Å². The summed E-state index contributed by atoms with van der Waals surface area (Å²) in [7, 11) is 1.56. The maximum absolute atomic E-state index is 13.1. The summed E-state index contributed by atoms with van der Waals surface area (Å²) in [6.45, 7) is 2.67. The molecule has 0 aliphatic carbocycles. The Morgan fingerprint density at radius 1 is 1.32 bits per heavy atom. The highest BCUT2D eigenvalue weighted by molar-refractivity contribution is 6.04. The highest BCUT2D eigenvalue weighted by Gasteiger charge is 2.44. The first-order valence-corrected chi connectivity index (χ1v) is 9.16. The van der Waals surface area contributed by atoms with Crippen molar-refractivity contribution in [1.29, 1.82) is 0 Å². The number of rotatable bonds is 8. The second-order valence-corrected chi connectivity index (χ2v) is 6.45. The first kappa shape index (κ1) is 19.7. The number of hydrogen-bond donors (Lipinski definition) is 2. The molecular weight excluding hydrogens is 358 g/mol. The smallest absolute Gasteiger partial charge is 0.256 e. The lowest BCUT2D eigenvalue weighted by Crippen LogP contribution is -2.39. The number of carbonyl (C=O) groups is 2. The van der Waals surface area contributed by atoms with Crippen LogP contribution in [0.2, 0.25) is 0 Å². The Hall–Kier alpha value is -3.06. The van der Waals surface area contributed by atoms with Gasteiger partial charge in [-0.25, -0.2) is 0 Å². The molecule has 1 radical (unpaired) electrons. The van der Waals surface area contributed by atoms with Crippen molar-refractivity contribution in [2.24, 2.45) is 11.5 Å². The van der Waals surface area contributed by atoms with Gasteiger partial charge in [-0.05, 0) is 49.2 Å². The fourth-order valence-electron chi connectivity index (χ4n) is 3.66. The van der Waals surface area contributed by atoms with Crippen molar-refractivity contribution in [2.45, 2.75) is 25.4 Å². The zero-order valence-corrected chi connectivity index (χ0v) is 16.0. The van der Waals surface area contributed by atoms with E-state index in [1.165, 1.54) is 4.90 Å². The lowest BCUT2D eigenvalue weighted by atomic mass is 9.99. The number of amides is 2. The van der Waals surface area contributed by atoms with Crippen molar-refractivity contribution >= 4 is 11.8 Å². The molecule has 3 rings (SSSR count). The molecule has 1 aliphatic heterocycles. The van der Waals surface area contributed by atoms with Crippen LogP contribution in [0.3, 0.4) is 0 Å². The Kier molecular flexibility index (Phi) is 5.84. The molecule has 2 aromatic carbocycles. The molecule has 1 heterocycles. The summed E-state index contributed by atoms with van der Waals surface area (Å²) < 4.78 is 11.0. The largest absolute Gasteiger partial charge is 0.493 e. The van der Waals surface area contributed by atoms with E-state index in [1.807, 2.05) is 19.1 Å². The second kappa shape index (κ2) is 8.31. The molecule has 2 atom stereocenters. The van der Waals surface area contributed by atoms with Crippen LogP contribution in [0.5, 0.6) is 11.5 Å². The van der Waals surface area contributed by atoms with Crippen LogP contribution in [0.4, 0.5) is 0 Å². The summed E-state index contributed by atoms with van der Waals surface area (Å²) in [5, 5.41) is 0. The van der Waals surface area contributed by atoms with E-state index in [1.54, 1.807) is 31.4 Å². The van der Waals surface area contributed by atoms with Gasteiger partial charge in [0, 0.05) is 0 Å². The van der Waals surface area contributed by atoms with Crippen LogP contribution in [0.15, 0.2) is 36.4 Å². The van der Waals surface area contributed by atoms with Gasteiger partial charge in [0.15, 0.2) is 11.5 Å². The van der Waals surface area contributed by atoms with Crippen LogP contribution in [-0.2, 0) is 4.79 Å². The summed E-state index contributed by atoms with van der Waals surface area (Å²) in [4.78, 5) is 26.9. The molecule has 0 saturated carbocycles. The molecule has 1 aliphatic rings.